The molecule has 76 valence electrons. The van der Waals surface area contributed by atoms with Gasteiger partial charge in [0.15, 0.2) is 5.82 Å². The van der Waals surface area contributed by atoms with Crippen molar-refractivity contribution in [2.24, 2.45) is 0 Å². The van der Waals surface area contributed by atoms with Gasteiger partial charge in [-0.3, -0.25) is 0 Å². The predicted octanol–water partition coefficient (Wildman–Crippen LogP) is 3.54. The Hall–Kier alpha value is -1.12. The summed E-state index contributed by atoms with van der Waals surface area (Å²) in [6.07, 6.45) is 3.44. The van der Waals surface area contributed by atoms with Crippen LogP contribution in [0, 0.1) is 0 Å². The Kier molecular flexibility index (Phi) is 3.19. The number of hydrogen-bond donors (Lipinski definition) is 0. The summed E-state index contributed by atoms with van der Waals surface area (Å²) in [4.78, 5) is 8.41. The molecule has 0 aliphatic rings. The first-order valence-electron chi connectivity index (χ1n) is 4.42. The predicted molar refractivity (Wildman–Crippen MR) is 62.0 cm³/mol. The third kappa shape index (κ3) is 2.46. The Morgan fingerprint density at radius 1 is 1.13 bits per heavy atom. The Balaban J connectivity index is 2.37. The van der Waals surface area contributed by atoms with Crippen LogP contribution in [0.2, 0.25) is 5.02 Å². The molecule has 0 N–H and O–H groups in total. The van der Waals surface area contributed by atoms with Gasteiger partial charge in [0.2, 0.25) is 0 Å². The lowest BCUT2D eigenvalue weighted by Gasteiger charge is -2.00. The van der Waals surface area contributed by atoms with Crippen molar-refractivity contribution < 1.29 is 0 Å². The van der Waals surface area contributed by atoms with E-state index in [0.717, 1.165) is 11.1 Å². The zero-order chi connectivity index (χ0) is 10.7. The summed E-state index contributed by atoms with van der Waals surface area (Å²) >= 11 is 11.5. The second-order valence-corrected chi connectivity index (χ2v) is 3.76. The van der Waals surface area contributed by atoms with Gasteiger partial charge in [-0.1, -0.05) is 23.7 Å². The molecule has 0 radical (unpaired) electrons. The van der Waals surface area contributed by atoms with Crippen molar-refractivity contribution in [2.45, 2.75) is 5.88 Å². The largest absolute Gasteiger partial charge is 0.236 e. The average Bonchev–Trinajstić information content (AvgIpc) is 2.29. The summed E-state index contributed by atoms with van der Waals surface area (Å²) in [7, 11) is 0. The van der Waals surface area contributed by atoms with Crippen molar-refractivity contribution in [1.82, 2.24) is 9.97 Å². The van der Waals surface area contributed by atoms with E-state index in [1.807, 2.05) is 24.3 Å². The maximum absolute atomic E-state index is 5.88. The molecule has 2 nitrogen and oxygen atoms in total. The number of nitrogens with zero attached hydrogens (tertiary/aromatic N) is 2. The van der Waals surface area contributed by atoms with Gasteiger partial charge in [0, 0.05) is 28.5 Å². The van der Waals surface area contributed by atoms with E-state index in [4.69, 9.17) is 23.2 Å². The summed E-state index contributed by atoms with van der Waals surface area (Å²) < 4.78 is 0. The minimum Gasteiger partial charge on any atom is -0.236 e. The number of alkyl halides is 1. The molecule has 1 heterocycles. The first-order valence-corrected chi connectivity index (χ1v) is 5.33. The normalized spacial score (nSPS) is 10.3. The number of rotatable bonds is 2. The summed E-state index contributed by atoms with van der Waals surface area (Å²) in [5.74, 6) is 1.09. The minimum atomic E-state index is 0.426. The van der Waals surface area contributed by atoms with E-state index >= 15 is 0 Å². The van der Waals surface area contributed by atoms with Gasteiger partial charge >= 0.3 is 0 Å². The van der Waals surface area contributed by atoms with Crippen LogP contribution >= 0.6 is 23.2 Å². The van der Waals surface area contributed by atoms with Crippen LogP contribution in [-0.2, 0) is 5.88 Å². The Morgan fingerprint density at radius 2 is 1.87 bits per heavy atom. The molecule has 0 amide bonds. The molecule has 1 aromatic carbocycles. The first kappa shape index (κ1) is 10.4. The maximum atomic E-state index is 5.88. The first-order chi connectivity index (χ1) is 7.29. The third-order valence-corrected chi connectivity index (χ3v) is 2.49. The van der Waals surface area contributed by atoms with Crippen molar-refractivity contribution in [3.05, 3.63) is 47.2 Å². The molecule has 0 atom stereocenters. The standard InChI is InChI=1S/C11H8Cl2N2/c12-5-8-6-14-11(15-7-8)9-2-1-3-10(13)4-9/h1-4,6-7H,5H2. The second-order valence-electron chi connectivity index (χ2n) is 3.06. The minimum absolute atomic E-state index is 0.426. The van der Waals surface area contributed by atoms with Gasteiger partial charge in [0.1, 0.15) is 0 Å². The van der Waals surface area contributed by atoms with Crippen molar-refractivity contribution in [3.8, 4) is 11.4 Å². The molecule has 4 heteroatoms. The van der Waals surface area contributed by atoms with Crippen molar-refractivity contribution >= 4 is 23.2 Å². The number of halogens is 2. The lowest BCUT2D eigenvalue weighted by Crippen LogP contribution is -1.90. The highest BCUT2D eigenvalue weighted by Gasteiger charge is 2.01. The van der Waals surface area contributed by atoms with Gasteiger partial charge in [0.25, 0.3) is 0 Å². The van der Waals surface area contributed by atoms with E-state index in [-0.39, 0.29) is 0 Å². The summed E-state index contributed by atoms with van der Waals surface area (Å²) in [5.41, 5.74) is 1.81. The van der Waals surface area contributed by atoms with E-state index in [1.165, 1.54) is 0 Å². The molecule has 0 saturated heterocycles. The lowest BCUT2D eigenvalue weighted by molar-refractivity contribution is 1.13. The number of hydrogen-bond acceptors (Lipinski definition) is 2. The zero-order valence-electron chi connectivity index (χ0n) is 7.82. The number of benzene rings is 1. The summed E-state index contributed by atoms with van der Waals surface area (Å²) in [6, 6.07) is 7.44. The van der Waals surface area contributed by atoms with Crippen LogP contribution < -0.4 is 0 Å². The highest BCUT2D eigenvalue weighted by molar-refractivity contribution is 6.30. The molecule has 0 fully saturated rings. The maximum Gasteiger partial charge on any atom is 0.159 e. The van der Waals surface area contributed by atoms with Crippen LogP contribution in [0.5, 0.6) is 0 Å². The van der Waals surface area contributed by atoms with Crippen LogP contribution in [0.1, 0.15) is 5.56 Å². The van der Waals surface area contributed by atoms with Crippen LogP contribution in [-0.4, -0.2) is 9.97 Å². The molecular formula is C11H8Cl2N2. The molecule has 0 aliphatic heterocycles. The van der Waals surface area contributed by atoms with Crippen LogP contribution in [0.4, 0.5) is 0 Å². The SMILES string of the molecule is ClCc1cnc(-c2cccc(Cl)c2)nc1. The fourth-order valence-electron chi connectivity index (χ4n) is 1.20. The van der Waals surface area contributed by atoms with Crippen LogP contribution in [0.25, 0.3) is 11.4 Å². The van der Waals surface area contributed by atoms with Gasteiger partial charge in [-0.05, 0) is 12.1 Å². The second kappa shape index (κ2) is 4.60. The molecular weight excluding hydrogens is 231 g/mol. The Bertz CT molecular complexity index is 454. The van der Waals surface area contributed by atoms with Crippen molar-refractivity contribution in [2.75, 3.05) is 0 Å². The third-order valence-electron chi connectivity index (χ3n) is 1.94. The van der Waals surface area contributed by atoms with Gasteiger partial charge in [-0.15, -0.1) is 11.6 Å². The Morgan fingerprint density at radius 3 is 2.47 bits per heavy atom. The molecule has 0 spiro atoms. The van der Waals surface area contributed by atoms with Gasteiger partial charge < -0.3 is 0 Å². The topological polar surface area (TPSA) is 25.8 Å². The van der Waals surface area contributed by atoms with Gasteiger partial charge in [0.05, 0.1) is 5.88 Å². The van der Waals surface area contributed by atoms with E-state index in [0.29, 0.717) is 16.7 Å². The molecule has 2 rings (SSSR count). The van der Waals surface area contributed by atoms with E-state index in [2.05, 4.69) is 9.97 Å². The van der Waals surface area contributed by atoms with Gasteiger partial charge in [-0.2, -0.15) is 0 Å². The Labute approximate surface area is 97.9 Å². The highest BCUT2D eigenvalue weighted by atomic mass is 35.5. The van der Waals surface area contributed by atoms with Crippen LogP contribution in [0.15, 0.2) is 36.7 Å². The zero-order valence-corrected chi connectivity index (χ0v) is 9.33. The molecule has 2 aromatic rings. The lowest BCUT2D eigenvalue weighted by atomic mass is 10.2. The molecule has 0 aliphatic carbocycles. The fraction of sp³-hybridized carbons (Fsp3) is 0.0909. The van der Waals surface area contributed by atoms with Crippen molar-refractivity contribution in [3.63, 3.8) is 0 Å². The highest BCUT2D eigenvalue weighted by Crippen LogP contribution is 2.19. The van der Waals surface area contributed by atoms with E-state index < -0.39 is 0 Å². The molecule has 1 aromatic heterocycles. The molecule has 0 bridgehead atoms. The molecule has 15 heavy (non-hydrogen) atoms. The smallest absolute Gasteiger partial charge is 0.159 e. The fourth-order valence-corrected chi connectivity index (χ4v) is 1.53. The van der Waals surface area contributed by atoms with E-state index in [1.54, 1.807) is 12.4 Å². The van der Waals surface area contributed by atoms with E-state index in [9.17, 15) is 0 Å². The quantitative estimate of drug-likeness (QED) is 0.749. The van der Waals surface area contributed by atoms with Crippen molar-refractivity contribution in [1.29, 1.82) is 0 Å². The average molecular weight is 239 g/mol. The van der Waals surface area contributed by atoms with Gasteiger partial charge in [-0.25, -0.2) is 9.97 Å². The molecule has 0 unspecified atom stereocenters. The monoisotopic (exact) mass is 238 g/mol. The summed E-state index contributed by atoms with van der Waals surface area (Å²) in [5, 5.41) is 0.678. The number of aromatic nitrogens is 2. The molecule has 0 saturated carbocycles. The van der Waals surface area contributed by atoms with Crippen LogP contribution in [0.3, 0.4) is 0 Å². The summed E-state index contributed by atoms with van der Waals surface area (Å²) in [6.45, 7) is 0.